The zero-order valence-electron chi connectivity index (χ0n) is 18.5. The van der Waals surface area contributed by atoms with Crippen LogP contribution in [0.4, 0.5) is 5.13 Å². The molecule has 0 unspecified atom stereocenters. The molecule has 0 radical (unpaired) electrons. The molecule has 168 valence electrons. The number of aromatic nitrogens is 3. The summed E-state index contributed by atoms with van der Waals surface area (Å²) in [6.45, 7) is 0. The fourth-order valence-electron chi connectivity index (χ4n) is 3.66. The van der Waals surface area contributed by atoms with Gasteiger partial charge in [0.25, 0.3) is 5.91 Å². The second kappa shape index (κ2) is 9.29. The molecule has 0 spiro atoms. The lowest BCUT2D eigenvalue weighted by Gasteiger charge is -2.10. The van der Waals surface area contributed by atoms with E-state index in [4.69, 9.17) is 14.5 Å². The van der Waals surface area contributed by atoms with Crippen molar-refractivity contribution in [2.24, 2.45) is 0 Å². The van der Waals surface area contributed by atoms with Gasteiger partial charge in [-0.1, -0.05) is 18.2 Å². The molecule has 0 atom stereocenters. The number of hydrogen-bond donors (Lipinski definition) is 1. The number of amides is 1. The first-order valence-electron chi connectivity index (χ1n) is 10.5. The van der Waals surface area contributed by atoms with Crippen LogP contribution in [0.2, 0.25) is 0 Å². The first-order valence-corrected chi connectivity index (χ1v) is 11.3. The molecule has 1 amide bonds. The van der Waals surface area contributed by atoms with E-state index in [1.165, 1.54) is 11.3 Å². The van der Waals surface area contributed by atoms with Crippen molar-refractivity contribution < 1.29 is 14.3 Å². The third kappa shape index (κ3) is 4.18. The van der Waals surface area contributed by atoms with E-state index in [-0.39, 0.29) is 5.91 Å². The topological polar surface area (TPSA) is 86.2 Å². The molecular formula is C26H20N4O3S. The van der Waals surface area contributed by atoms with Crippen LogP contribution in [0.5, 0.6) is 11.5 Å². The third-order valence-corrected chi connectivity index (χ3v) is 6.08. The third-order valence-electron chi connectivity index (χ3n) is 5.33. The molecule has 0 aliphatic rings. The minimum atomic E-state index is -0.262. The number of carbonyl (C=O) groups excluding carboxylic acids is 1. The monoisotopic (exact) mass is 468 g/mol. The van der Waals surface area contributed by atoms with Crippen molar-refractivity contribution in [2.75, 3.05) is 19.5 Å². The van der Waals surface area contributed by atoms with E-state index in [0.717, 1.165) is 22.0 Å². The van der Waals surface area contributed by atoms with Gasteiger partial charge in [-0.3, -0.25) is 15.1 Å². The zero-order valence-corrected chi connectivity index (χ0v) is 19.3. The van der Waals surface area contributed by atoms with Crippen LogP contribution in [0, 0.1) is 0 Å². The van der Waals surface area contributed by atoms with E-state index in [1.807, 2.05) is 60.0 Å². The van der Waals surface area contributed by atoms with E-state index < -0.39 is 0 Å². The minimum absolute atomic E-state index is 0.262. The molecule has 0 bridgehead atoms. The van der Waals surface area contributed by atoms with Crippen molar-refractivity contribution >= 4 is 33.3 Å². The molecule has 5 aromatic rings. The molecule has 8 heteroatoms. The summed E-state index contributed by atoms with van der Waals surface area (Å²) >= 11 is 1.34. The molecular weight excluding hydrogens is 448 g/mol. The Morgan fingerprint density at radius 2 is 1.82 bits per heavy atom. The Hall–Kier alpha value is -4.30. The van der Waals surface area contributed by atoms with Gasteiger partial charge in [-0.2, -0.15) is 0 Å². The van der Waals surface area contributed by atoms with E-state index in [9.17, 15) is 4.79 Å². The van der Waals surface area contributed by atoms with Crippen LogP contribution in [-0.2, 0) is 0 Å². The van der Waals surface area contributed by atoms with Crippen molar-refractivity contribution in [2.45, 2.75) is 0 Å². The highest BCUT2D eigenvalue weighted by molar-refractivity contribution is 7.14. The lowest BCUT2D eigenvalue weighted by molar-refractivity contribution is 0.102. The number of pyridine rings is 2. The Labute approximate surface area is 200 Å². The SMILES string of the molecule is COc1ccc(OC)c(-c2csc(NC(=O)c3cc(-c4cccnc4)nc4ccccc34)n2)c1. The summed E-state index contributed by atoms with van der Waals surface area (Å²) in [4.78, 5) is 26.9. The zero-order chi connectivity index (χ0) is 23.5. The van der Waals surface area contributed by atoms with E-state index in [0.29, 0.717) is 33.6 Å². The number of nitrogens with one attached hydrogen (secondary N) is 1. The number of fused-ring (bicyclic) bond motifs is 1. The number of benzene rings is 2. The molecule has 5 rings (SSSR count). The normalized spacial score (nSPS) is 10.8. The van der Waals surface area contributed by atoms with Gasteiger partial charge in [0.05, 0.1) is 36.7 Å². The first-order chi connectivity index (χ1) is 16.7. The molecule has 0 fully saturated rings. The molecule has 0 saturated carbocycles. The largest absolute Gasteiger partial charge is 0.497 e. The maximum atomic E-state index is 13.3. The predicted molar refractivity (Wildman–Crippen MR) is 134 cm³/mol. The Bertz CT molecular complexity index is 1480. The van der Waals surface area contributed by atoms with Crippen molar-refractivity contribution in [3.63, 3.8) is 0 Å². The van der Waals surface area contributed by atoms with Gasteiger partial charge in [-0.15, -0.1) is 11.3 Å². The van der Waals surface area contributed by atoms with Gasteiger partial charge in [0.15, 0.2) is 5.13 Å². The smallest absolute Gasteiger partial charge is 0.258 e. The molecule has 3 heterocycles. The maximum absolute atomic E-state index is 13.3. The van der Waals surface area contributed by atoms with E-state index in [1.54, 1.807) is 32.7 Å². The van der Waals surface area contributed by atoms with Crippen molar-refractivity contribution in [3.8, 4) is 34.0 Å². The highest BCUT2D eigenvalue weighted by Gasteiger charge is 2.17. The molecule has 0 aliphatic carbocycles. The standard InChI is InChI=1S/C26H20N4O3S/c1-32-17-9-10-24(33-2)20(12-17)23-15-34-26(29-23)30-25(31)19-13-22(16-6-5-11-27-14-16)28-21-8-4-3-7-18(19)21/h3-15H,1-2H3,(H,29,30,31). The van der Waals surface area contributed by atoms with E-state index >= 15 is 0 Å². The van der Waals surface area contributed by atoms with Gasteiger partial charge < -0.3 is 9.47 Å². The van der Waals surface area contributed by atoms with Crippen LogP contribution < -0.4 is 14.8 Å². The summed E-state index contributed by atoms with van der Waals surface area (Å²) in [6.07, 6.45) is 3.43. The van der Waals surface area contributed by atoms with Crippen LogP contribution >= 0.6 is 11.3 Å². The Morgan fingerprint density at radius 1 is 0.941 bits per heavy atom. The molecule has 0 saturated heterocycles. The second-order valence-corrected chi connectivity index (χ2v) is 8.23. The van der Waals surface area contributed by atoms with Crippen LogP contribution in [0.1, 0.15) is 10.4 Å². The van der Waals surface area contributed by atoms with Gasteiger partial charge in [-0.25, -0.2) is 9.97 Å². The summed E-state index contributed by atoms with van der Waals surface area (Å²) in [7, 11) is 3.21. The summed E-state index contributed by atoms with van der Waals surface area (Å²) < 4.78 is 10.8. The fourth-order valence-corrected chi connectivity index (χ4v) is 4.36. The number of nitrogens with zero attached hydrogens (tertiary/aromatic N) is 3. The average molecular weight is 469 g/mol. The summed E-state index contributed by atoms with van der Waals surface area (Å²) in [6, 6.07) is 18.6. The summed E-state index contributed by atoms with van der Waals surface area (Å²) in [5, 5.41) is 6.06. The predicted octanol–water partition coefficient (Wildman–Crippen LogP) is 5.69. The van der Waals surface area contributed by atoms with E-state index in [2.05, 4.69) is 15.3 Å². The van der Waals surface area contributed by atoms with Crippen molar-refractivity contribution in [1.82, 2.24) is 15.0 Å². The van der Waals surface area contributed by atoms with Crippen LogP contribution in [0.25, 0.3) is 33.4 Å². The molecule has 3 aromatic heterocycles. The molecule has 34 heavy (non-hydrogen) atoms. The van der Waals surface area contributed by atoms with Gasteiger partial charge in [0.1, 0.15) is 11.5 Å². The quantitative estimate of drug-likeness (QED) is 0.345. The fraction of sp³-hybridized carbons (Fsp3) is 0.0769. The summed E-state index contributed by atoms with van der Waals surface area (Å²) in [5.41, 5.74) is 4.23. The number of carbonyl (C=O) groups is 1. The molecule has 7 nitrogen and oxygen atoms in total. The Balaban J connectivity index is 1.49. The van der Waals surface area contributed by atoms with Gasteiger partial charge >= 0.3 is 0 Å². The number of methoxy groups -OCH3 is 2. The lowest BCUT2D eigenvalue weighted by atomic mass is 10.0. The van der Waals surface area contributed by atoms with Gasteiger partial charge in [-0.05, 0) is 42.5 Å². The molecule has 1 N–H and O–H groups in total. The first kappa shape index (κ1) is 21.5. The minimum Gasteiger partial charge on any atom is -0.497 e. The summed E-state index contributed by atoms with van der Waals surface area (Å²) in [5.74, 6) is 1.10. The number of thiazole rings is 1. The van der Waals surface area contributed by atoms with Crippen LogP contribution in [0.15, 0.2) is 78.4 Å². The number of ether oxygens (including phenoxy) is 2. The highest BCUT2D eigenvalue weighted by Crippen LogP contribution is 2.35. The Kier molecular flexibility index (Phi) is 5.88. The van der Waals surface area contributed by atoms with Gasteiger partial charge in [0.2, 0.25) is 0 Å². The number of hydrogen-bond acceptors (Lipinski definition) is 7. The highest BCUT2D eigenvalue weighted by atomic mass is 32.1. The number of anilines is 1. The van der Waals surface area contributed by atoms with Crippen LogP contribution in [-0.4, -0.2) is 35.1 Å². The molecule has 0 aliphatic heterocycles. The number of para-hydroxylation sites is 1. The van der Waals surface area contributed by atoms with Crippen molar-refractivity contribution in [3.05, 3.63) is 84.0 Å². The van der Waals surface area contributed by atoms with Crippen LogP contribution in [0.3, 0.4) is 0 Å². The second-order valence-electron chi connectivity index (χ2n) is 7.37. The average Bonchev–Trinajstić information content (AvgIpc) is 3.36. The Morgan fingerprint density at radius 3 is 2.62 bits per heavy atom. The number of rotatable bonds is 6. The lowest BCUT2D eigenvalue weighted by Crippen LogP contribution is -2.13. The van der Waals surface area contributed by atoms with Crippen molar-refractivity contribution in [1.29, 1.82) is 0 Å². The maximum Gasteiger partial charge on any atom is 0.258 e. The van der Waals surface area contributed by atoms with Gasteiger partial charge in [0, 0.05) is 34.3 Å². The molecule has 2 aromatic carbocycles.